The van der Waals surface area contributed by atoms with Gasteiger partial charge in [-0.3, -0.25) is 14.2 Å². The summed E-state index contributed by atoms with van der Waals surface area (Å²) in [6.07, 6.45) is 3.68. The summed E-state index contributed by atoms with van der Waals surface area (Å²) in [5.74, 6) is -0.582. The Morgan fingerprint density at radius 2 is 1.88 bits per heavy atom. The van der Waals surface area contributed by atoms with Crippen molar-refractivity contribution in [3.05, 3.63) is 81.7 Å². The standard InChI is InChI=1S/C30H30FN5O5S2/c1-3-41-29(39)26-22-9-4-5-10-23(22)43-28(26)33-25(37)17-42-30-35-34-24(36(30)20-13-11-19(31)12-14-20)16-32-27(38)18-7-6-8-21(15-18)40-2/h6-8,11-15H,3-5,9-10,16-17H2,1-2H3,(H,32,38)(H,33,37). The average molecular weight is 624 g/mol. The summed E-state index contributed by atoms with van der Waals surface area (Å²) < 4.78 is 25.9. The molecule has 43 heavy (non-hydrogen) atoms. The Balaban J connectivity index is 1.32. The van der Waals surface area contributed by atoms with Crippen LogP contribution in [0.15, 0.2) is 53.7 Å². The number of methoxy groups -OCH3 is 1. The van der Waals surface area contributed by atoms with Crippen LogP contribution >= 0.6 is 23.1 Å². The first kappa shape index (κ1) is 30.2. The van der Waals surface area contributed by atoms with Gasteiger partial charge in [0.25, 0.3) is 5.91 Å². The fourth-order valence-corrected chi connectivity index (χ4v) is 6.81. The van der Waals surface area contributed by atoms with Gasteiger partial charge in [-0.1, -0.05) is 17.8 Å². The summed E-state index contributed by atoms with van der Waals surface area (Å²) in [6.45, 7) is 2.02. The molecular weight excluding hydrogens is 593 g/mol. The molecular formula is C30H30FN5O5S2. The van der Waals surface area contributed by atoms with Crippen LogP contribution in [0.25, 0.3) is 5.69 Å². The van der Waals surface area contributed by atoms with Gasteiger partial charge in [0, 0.05) is 16.1 Å². The van der Waals surface area contributed by atoms with Gasteiger partial charge in [-0.2, -0.15) is 0 Å². The molecule has 0 saturated heterocycles. The van der Waals surface area contributed by atoms with Crippen LogP contribution in [-0.2, 0) is 28.9 Å². The lowest BCUT2D eigenvalue weighted by atomic mass is 9.95. The van der Waals surface area contributed by atoms with Gasteiger partial charge in [0.1, 0.15) is 16.6 Å². The number of aromatic nitrogens is 3. The number of carbonyl (C=O) groups is 3. The number of thiophene rings is 1. The number of carbonyl (C=O) groups excluding carboxylic acids is 3. The van der Waals surface area contributed by atoms with Crippen molar-refractivity contribution in [2.45, 2.75) is 44.3 Å². The van der Waals surface area contributed by atoms with E-state index in [0.29, 0.717) is 38.5 Å². The molecule has 0 fully saturated rings. The third kappa shape index (κ3) is 7.05. The lowest BCUT2D eigenvalue weighted by Crippen LogP contribution is -2.24. The van der Waals surface area contributed by atoms with Crippen molar-refractivity contribution in [3.63, 3.8) is 0 Å². The molecule has 0 radical (unpaired) electrons. The fraction of sp³-hybridized carbons (Fsp3) is 0.300. The Morgan fingerprint density at radius 3 is 2.65 bits per heavy atom. The number of ether oxygens (including phenoxy) is 2. The predicted molar refractivity (Wildman–Crippen MR) is 162 cm³/mol. The molecule has 0 saturated carbocycles. The Hall–Kier alpha value is -4.23. The van der Waals surface area contributed by atoms with Crippen LogP contribution in [0.5, 0.6) is 5.75 Å². The highest BCUT2D eigenvalue weighted by molar-refractivity contribution is 7.99. The topological polar surface area (TPSA) is 124 Å². The van der Waals surface area contributed by atoms with E-state index in [9.17, 15) is 18.8 Å². The van der Waals surface area contributed by atoms with Crippen molar-refractivity contribution in [1.29, 1.82) is 0 Å². The second-order valence-corrected chi connectivity index (χ2v) is 11.6. The smallest absolute Gasteiger partial charge is 0.341 e. The number of fused-ring (bicyclic) bond motifs is 1. The average Bonchev–Trinajstić information content (AvgIpc) is 3.60. The third-order valence-corrected chi connectivity index (χ3v) is 8.90. The maximum absolute atomic E-state index is 13.7. The zero-order valence-corrected chi connectivity index (χ0v) is 25.3. The summed E-state index contributed by atoms with van der Waals surface area (Å²) in [5.41, 5.74) is 2.39. The quantitative estimate of drug-likeness (QED) is 0.173. The molecule has 1 aliphatic rings. The third-order valence-electron chi connectivity index (χ3n) is 6.76. The highest BCUT2D eigenvalue weighted by atomic mass is 32.2. The van der Waals surface area contributed by atoms with Crippen LogP contribution in [0.2, 0.25) is 0 Å². The number of rotatable bonds is 11. The van der Waals surface area contributed by atoms with E-state index in [4.69, 9.17) is 9.47 Å². The van der Waals surface area contributed by atoms with Gasteiger partial charge < -0.3 is 20.1 Å². The van der Waals surface area contributed by atoms with Crippen LogP contribution in [-0.4, -0.2) is 52.0 Å². The molecule has 0 spiro atoms. The molecule has 2 aromatic carbocycles. The van der Waals surface area contributed by atoms with E-state index < -0.39 is 11.8 Å². The van der Waals surface area contributed by atoms with Crippen molar-refractivity contribution in [3.8, 4) is 11.4 Å². The van der Waals surface area contributed by atoms with Crippen molar-refractivity contribution < 1.29 is 28.2 Å². The molecule has 2 amide bonds. The molecule has 13 heteroatoms. The largest absolute Gasteiger partial charge is 0.497 e. The zero-order chi connectivity index (χ0) is 30.3. The Kier molecular flexibility index (Phi) is 9.72. The van der Waals surface area contributed by atoms with Crippen molar-refractivity contribution in [1.82, 2.24) is 20.1 Å². The SMILES string of the molecule is CCOC(=O)c1c(NC(=O)CSc2nnc(CNC(=O)c3cccc(OC)c3)n2-c2ccc(F)cc2)sc2c1CCCC2. The van der Waals surface area contributed by atoms with E-state index in [1.165, 1.54) is 30.6 Å². The summed E-state index contributed by atoms with van der Waals surface area (Å²) in [6, 6.07) is 12.5. The molecule has 10 nitrogen and oxygen atoms in total. The molecule has 1 aliphatic carbocycles. The Morgan fingerprint density at radius 1 is 1.09 bits per heavy atom. The number of amides is 2. The fourth-order valence-electron chi connectivity index (χ4n) is 4.75. The van der Waals surface area contributed by atoms with Crippen LogP contribution in [0, 0.1) is 5.82 Å². The zero-order valence-electron chi connectivity index (χ0n) is 23.6. The number of hydrogen-bond donors (Lipinski definition) is 2. The van der Waals surface area contributed by atoms with E-state index in [1.54, 1.807) is 47.9 Å². The van der Waals surface area contributed by atoms with E-state index >= 15 is 0 Å². The number of esters is 1. The van der Waals surface area contributed by atoms with Crippen molar-refractivity contribution >= 4 is 45.9 Å². The van der Waals surface area contributed by atoms with E-state index in [0.717, 1.165) is 47.9 Å². The summed E-state index contributed by atoms with van der Waals surface area (Å²) in [4.78, 5) is 39.8. The van der Waals surface area contributed by atoms with Crippen LogP contribution in [0.3, 0.4) is 0 Å². The van der Waals surface area contributed by atoms with Gasteiger partial charge in [0.2, 0.25) is 5.91 Å². The Bertz CT molecular complexity index is 1640. The van der Waals surface area contributed by atoms with E-state index in [1.807, 2.05) is 0 Å². The predicted octanol–water partition coefficient (Wildman–Crippen LogP) is 5.19. The minimum atomic E-state index is -0.429. The van der Waals surface area contributed by atoms with Crippen molar-refractivity contribution in [2.24, 2.45) is 0 Å². The number of thioether (sulfide) groups is 1. The molecule has 0 aliphatic heterocycles. The van der Waals surface area contributed by atoms with Gasteiger partial charge >= 0.3 is 5.97 Å². The normalized spacial score (nSPS) is 12.3. The highest BCUT2D eigenvalue weighted by Crippen LogP contribution is 2.38. The van der Waals surface area contributed by atoms with Gasteiger partial charge in [-0.15, -0.1) is 21.5 Å². The number of nitrogens with zero attached hydrogens (tertiary/aromatic N) is 3. The molecule has 5 rings (SSSR count). The van der Waals surface area contributed by atoms with Crippen molar-refractivity contribution in [2.75, 3.05) is 24.8 Å². The van der Waals surface area contributed by atoms with Crippen LogP contribution in [0.1, 0.15) is 56.7 Å². The number of halogens is 1. The molecule has 0 atom stereocenters. The second-order valence-electron chi connectivity index (χ2n) is 9.60. The Labute approximate surface area is 256 Å². The van der Waals surface area contributed by atoms with Crippen LogP contribution < -0.4 is 15.4 Å². The first-order valence-electron chi connectivity index (χ1n) is 13.7. The first-order chi connectivity index (χ1) is 20.9. The number of anilines is 1. The maximum Gasteiger partial charge on any atom is 0.341 e. The lowest BCUT2D eigenvalue weighted by Gasteiger charge is -2.12. The summed E-state index contributed by atoms with van der Waals surface area (Å²) in [5, 5.41) is 15.1. The van der Waals surface area contributed by atoms with Gasteiger partial charge in [0.15, 0.2) is 11.0 Å². The number of benzene rings is 2. The lowest BCUT2D eigenvalue weighted by molar-refractivity contribution is -0.113. The minimum absolute atomic E-state index is 0.0246. The van der Waals surface area contributed by atoms with E-state index in [-0.39, 0.29) is 30.7 Å². The maximum atomic E-state index is 13.7. The number of aryl methyl sites for hydroxylation is 1. The van der Waals surface area contributed by atoms with Gasteiger partial charge in [-0.05, 0) is 80.6 Å². The molecule has 2 N–H and O–H groups in total. The minimum Gasteiger partial charge on any atom is -0.497 e. The molecule has 0 unspecified atom stereocenters. The number of nitrogens with one attached hydrogen (secondary N) is 2. The monoisotopic (exact) mass is 623 g/mol. The molecule has 2 heterocycles. The molecule has 0 bridgehead atoms. The first-order valence-corrected chi connectivity index (χ1v) is 15.5. The molecule has 4 aromatic rings. The molecule has 2 aromatic heterocycles. The summed E-state index contributed by atoms with van der Waals surface area (Å²) >= 11 is 2.55. The summed E-state index contributed by atoms with van der Waals surface area (Å²) in [7, 11) is 1.52. The second kappa shape index (κ2) is 13.8. The van der Waals surface area contributed by atoms with E-state index in [2.05, 4.69) is 20.8 Å². The van der Waals surface area contributed by atoms with Gasteiger partial charge in [-0.25, -0.2) is 9.18 Å². The number of hydrogen-bond acceptors (Lipinski definition) is 9. The molecule has 224 valence electrons. The van der Waals surface area contributed by atoms with Crippen LogP contribution in [0.4, 0.5) is 9.39 Å². The van der Waals surface area contributed by atoms with Gasteiger partial charge in [0.05, 0.1) is 31.6 Å². The highest BCUT2D eigenvalue weighted by Gasteiger charge is 2.27.